The molecular weight excluding hydrogens is 254 g/mol. The number of anilines is 1. The standard InChI is InChI=1S/C15H17N3O2/c1-15(2,10-7-5-4-6-8-10)14-17-9-11(12(16)18-14)13(19)20-3/h4-9H,1-3H3,(H2,16,17,18). The normalized spacial score (nSPS) is 11.2. The molecule has 1 aromatic heterocycles. The van der Waals surface area contributed by atoms with E-state index in [-0.39, 0.29) is 11.4 Å². The fraction of sp³-hybridized carbons (Fsp3) is 0.267. The number of rotatable bonds is 3. The number of methoxy groups -OCH3 is 1. The maximum Gasteiger partial charge on any atom is 0.343 e. The molecule has 0 spiro atoms. The first kappa shape index (κ1) is 14.0. The maximum atomic E-state index is 11.5. The number of esters is 1. The second-order valence-corrected chi connectivity index (χ2v) is 4.98. The summed E-state index contributed by atoms with van der Waals surface area (Å²) in [6.07, 6.45) is 1.41. The Morgan fingerprint density at radius 1 is 1.25 bits per heavy atom. The van der Waals surface area contributed by atoms with Gasteiger partial charge in [-0.05, 0) is 19.4 Å². The monoisotopic (exact) mass is 271 g/mol. The van der Waals surface area contributed by atoms with Crippen molar-refractivity contribution >= 4 is 11.8 Å². The molecule has 0 aliphatic carbocycles. The number of hydrogen-bond donors (Lipinski definition) is 1. The zero-order valence-corrected chi connectivity index (χ0v) is 11.8. The van der Waals surface area contributed by atoms with Crippen molar-refractivity contribution in [3.8, 4) is 0 Å². The topological polar surface area (TPSA) is 78.1 Å². The minimum absolute atomic E-state index is 0.130. The Morgan fingerprint density at radius 3 is 2.45 bits per heavy atom. The van der Waals surface area contributed by atoms with Gasteiger partial charge in [0, 0.05) is 11.6 Å². The molecule has 104 valence electrons. The number of ether oxygens (including phenoxy) is 1. The fourth-order valence-corrected chi connectivity index (χ4v) is 1.95. The quantitative estimate of drug-likeness (QED) is 0.866. The van der Waals surface area contributed by atoms with E-state index in [4.69, 9.17) is 5.73 Å². The third-order valence-corrected chi connectivity index (χ3v) is 3.28. The highest BCUT2D eigenvalue weighted by Crippen LogP contribution is 2.29. The first-order chi connectivity index (χ1) is 9.46. The van der Waals surface area contributed by atoms with Crippen LogP contribution in [0.1, 0.15) is 35.6 Å². The summed E-state index contributed by atoms with van der Waals surface area (Å²) in [6.45, 7) is 4.02. The summed E-state index contributed by atoms with van der Waals surface area (Å²) in [5.74, 6) is 0.159. The SMILES string of the molecule is COC(=O)c1cnc(C(C)(C)c2ccccc2)nc1N. The third-order valence-electron chi connectivity index (χ3n) is 3.28. The highest BCUT2D eigenvalue weighted by Gasteiger charge is 2.27. The van der Waals surface area contributed by atoms with Crippen molar-refractivity contribution in [2.45, 2.75) is 19.3 Å². The number of carbonyl (C=O) groups is 1. The van der Waals surface area contributed by atoms with Crippen molar-refractivity contribution in [2.24, 2.45) is 0 Å². The molecular formula is C15H17N3O2. The van der Waals surface area contributed by atoms with Crippen molar-refractivity contribution < 1.29 is 9.53 Å². The van der Waals surface area contributed by atoms with Gasteiger partial charge in [-0.25, -0.2) is 14.8 Å². The molecule has 2 N–H and O–H groups in total. The largest absolute Gasteiger partial charge is 0.465 e. The number of aromatic nitrogens is 2. The minimum Gasteiger partial charge on any atom is -0.465 e. The Labute approximate surface area is 117 Å². The average Bonchev–Trinajstić information content (AvgIpc) is 2.47. The lowest BCUT2D eigenvalue weighted by Crippen LogP contribution is -2.24. The number of nitrogens with two attached hydrogens (primary N) is 1. The van der Waals surface area contributed by atoms with Crippen LogP contribution >= 0.6 is 0 Å². The maximum absolute atomic E-state index is 11.5. The highest BCUT2D eigenvalue weighted by atomic mass is 16.5. The number of benzene rings is 1. The molecule has 0 saturated heterocycles. The van der Waals surface area contributed by atoms with Crippen LogP contribution in [0.5, 0.6) is 0 Å². The van der Waals surface area contributed by atoms with Crippen LogP contribution in [0, 0.1) is 0 Å². The minimum atomic E-state index is -0.536. The Bertz CT molecular complexity index is 624. The van der Waals surface area contributed by atoms with E-state index in [1.54, 1.807) is 0 Å². The molecule has 0 saturated carbocycles. The molecule has 1 heterocycles. The third kappa shape index (κ3) is 2.47. The van der Waals surface area contributed by atoms with Gasteiger partial charge in [-0.1, -0.05) is 30.3 Å². The summed E-state index contributed by atoms with van der Waals surface area (Å²) in [7, 11) is 1.30. The molecule has 5 nitrogen and oxygen atoms in total. The van der Waals surface area contributed by atoms with Crippen LogP contribution in [0.3, 0.4) is 0 Å². The van der Waals surface area contributed by atoms with E-state index in [0.717, 1.165) is 5.56 Å². The summed E-state index contributed by atoms with van der Waals surface area (Å²) in [6, 6.07) is 9.89. The van der Waals surface area contributed by atoms with Crippen LogP contribution in [0.4, 0.5) is 5.82 Å². The average molecular weight is 271 g/mol. The molecule has 0 amide bonds. The molecule has 0 aliphatic heterocycles. The summed E-state index contributed by atoms with van der Waals surface area (Å²) in [4.78, 5) is 20.0. The summed E-state index contributed by atoms with van der Waals surface area (Å²) < 4.78 is 4.63. The smallest absolute Gasteiger partial charge is 0.343 e. The number of carbonyl (C=O) groups excluding carboxylic acids is 1. The van der Waals surface area contributed by atoms with Crippen LogP contribution in [0.25, 0.3) is 0 Å². The molecule has 0 bridgehead atoms. The number of hydrogen-bond acceptors (Lipinski definition) is 5. The van der Waals surface area contributed by atoms with Gasteiger partial charge in [-0.2, -0.15) is 0 Å². The van der Waals surface area contributed by atoms with Crippen LogP contribution in [0.15, 0.2) is 36.5 Å². The lowest BCUT2D eigenvalue weighted by Gasteiger charge is -2.23. The molecule has 1 aromatic carbocycles. The van der Waals surface area contributed by atoms with Crippen molar-refractivity contribution in [1.82, 2.24) is 9.97 Å². The van der Waals surface area contributed by atoms with Crippen LogP contribution in [-0.2, 0) is 10.2 Å². The van der Waals surface area contributed by atoms with Crippen molar-refractivity contribution in [1.29, 1.82) is 0 Å². The number of nitrogens with zero attached hydrogens (tertiary/aromatic N) is 2. The molecule has 0 radical (unpaired) electrons. The molecule has 2 rings (SSSR count). The molecule has 0 unspecified atom stereocenters. The van der Waals surface area contributed by atoms with Gasteiger partial charge in [0.25, 0.3) is 0 Å². The van der Waals surface area contributed by atoms with Crippen molar-refractivity contribution in [3.63, 3.8) is 0 Å². The Balaban J connectivity index is 2.44. The van der Waals surface area contributed by atoms with Gasteiger partial charge < -0.3 is 10.5 Å². The van der Waals surface area contributed by atoms with Crippen LogP contribution in [-0.4, -0.2) is 23.0 Å². The van der Waals surface area contributed by atoms with E-state index in [9.17, 15) is 4.79 Å². The van der Waals surface area contributed by atoms with Crippen LogP contribution in [0.2, 0.25) is 0 Å². The van der Waals surface area contributed by atoms with E-state index in [0.29, 0.717) is 5.82 Å². The van der Waals surface area contributed by atoms with Gasteiger partial charge in [-0.3, -0.25) is 0 Å². The van der Waals surface area contributed by atoms with Gasteiger partial charge in [-0.15, -0.1) is 0 Å². The first-order valence-electron chi connectivity index (χ1n) is 6.23. The molecule has 20 heavy (non-hydrogen) atoms. The highest BCUT2D eigenvalue weighted by molar-refractivity contribution is 5.93. The van der Waals surface area contributed by atoms with E-state index < -0.39 is 11.4 Å². The molecule has 0 atom stereocenters. The van der Waals surface area contributed by atoms with Gasteiger partial charge >= 0.3 is 5.97 Å². The molecule has 0 fully saturated rings. The fourth-order valence-electron chi connectivity index (χ4n) is 1.95. The van der Waals surface area contributed by atoms with E-state index in [1.165, 1.54) is 13.3 Å². The van der Waals surface area contributed by atoms with Crippen LogP contribution < -0.4 is 5.73 Å². The van der Waals surface area contributed by atoms with Gasteiger partial charge in [0.05, 0.1) is 7.11 Å². The van der Waals surface area contributed by atoms with Gasteiger partial charge in [0.1, 0.15) is 17.2 Å². The summed E-state index contributed by atoms with van der Waals surface area (Å²) in [5.41, 5.74) is 6.68. The first-order valence-corrected chi connectivity index (χ1v) is 6.23. The molecule has 2 aromatic rings. The van der Waals surface area contributed by atoms with Crippen molar-refractivity contribution in [3.05, 3.63) is 53.5 Å². The zero-order valence-electron chi connectivity index (χ0n) is 11.8. The molecule has 5 heteroatoms. The molecule has 0 aliphatic rings. The van der Waals surface area contributed by atoms with E-state index in [2.05, 4.69) is 14.7 Å². The zero-order chi connectivity index (χ0) is 14.8. The predicted molar refractivity (Wildman–Crippen MR) is 76.4 cm³/mol. The summed E-state index contributed by atoms with van der Waals surface area (Å²) >= 11 is 0. The Kier molecular flexibility index (Phi) is 3.70. The Hall–Kier alpha value is -2.43. The second-order valence-electron chi connectivity index (χ2n) is 4.98. The lowest BCUT2D eigenvalue weighted by molar-refractivity contribution is 0.0601. The lowest BCUT2D eigenvalue weighted by atomic mass is 9.84. The number of nitrogen functional groups attached to an aromatic ring is 1. The van der Waals surface area contributed by atoms with E-state index >= 15 is 0 Å². The Morgan fingerprint density at radius 2 is 1.90 bits per heavy atom. The second kappa shape index (κ2) is 5.28. The predicted octanol–water partition coefficient (Wildman–Crippen LogP) is 2.17. The van der Waals surface area contributed by atoms with Crippen molar-refractivity contribution in [2.75, 3.05) is 12.8 Å². The van der Waals surface area contributed by atoms with Gasteiger partial charge in [0.15, 0.2) is 0 Å². The van der Waals surface area contributed by atoms with Gasteiger partial charge in [0.2, 0.25) is 0 Å². The summed E-state index contributed by atoms with van der Waals surface area (Å²) in [5, 5.41) is 0. The van der Waals surface area contributed by atoms with E-state index in [1.807, 2.05) is 44.2 Å².